The fourth-order valence-corrected chi connectivity index (χ4v) is 1.59. The quantitative estimate of drug-likeness (QED) is 0.781. The average molecular weight is 224 g/mol. The Morgan fingerprint density at radius 2 is 1.38 bits per heavy atom. The van der Waals surface area contributed by atoms with Crippen molar-refractivity contribution < 1.29 is 14.6 Å². The molecule has 16 heavy (non-hydrogen) atoms. The van der Waals surface area contributed by atoms with E-state index in [-0.39, 0.29) is 0 Å². The third kappa shape index (κ3) is 3.04. The Hall–Kier alpha value is -0.900. The molecule has 1 rings (SSSR count). The van der Waals surface area contributed by atoms with E-state index >= 15 is 0 Å². The van der Waals surface area contributed by atoms with Gasteiger partial charge in [0.15, 0.2) is 6.29 Å². The van der Waals surface area contributed by atoms with Crippen molar-refractivity contribution >= 4 is 0 Å². The van der Waals surface area contributed by atoms with Gasteiger partial charge in [0.1, 0.15) is 6.10 Å². The molecular weight excluding hydrogens is 204 g/mol. The predicted octanol–water partition coefficient (Wildman–Crippen LogP) is 2.46. The van der Waals surface area contributed by atoms with E-state index < -0.39 is 12.4 Å². The van der Waals surface area contributed by atoms with E-state index in [0.29, 0.717) is 5.92 Å². The van der Waals surface area contributed by atoms with Gasteiger partial charge in [0, 0.05) is 14.2 Å². The Morgan fingerprint density at radius 3 is 1.75 bits per heavy atom. The molecule has 0 aliphatic heterocycles. The lowest BCUT2D eigenvalue weighted by molar-refractivity contribution is -0.166. The van der Waals surface area contributed by atoms with Gasteiger partial charge in [-0.1, -0.05) is 38.1 Å². The molecule has 1 aromatic rings. The van der Waals surface area contributed by atoms with Gasteiger partial charge in [-0.05, 0) is 17.0 Å². The molecule has 90 valence electrons. The summed E-state index contributed by atoms with van der Waals surface area (Å²) in [6.07, 6.45) is -1.37. The summed E-state index contributed by atoms with van der Waals surface area (Å²) >= 11 is 0. The van der Waals surface area contributed by atoms with Crippen LogP contribution in [-0.2, 0) is 9.47 Å². The van der Waals surface area contributed by atoms with Gasteiger partial charge in [0.25, 0.3) is 0 Å². The summed E-state index contributed by atoms with van der Waals surface area (Å²) in [7, 11) is 3.03. The van der Waals surface area contributed by atoms with Gasteiger partial charge >= 0.3 is 0 Å². The number of ether oxygens (including phenoxy) is 2. The predicted molar refractivity (Wildman–Crippen MR) is 63.3 cm³/mol. The normalized spacial score (nSPS) is 13.4. The van der Waals surface area contributed by atoms with E-state index in [4.69, 9.17) is 9.47 Å². The molecule has 0 saturated heterocycles. The highest BCUT2D eigenvalue weighted by atomic mass is 16.7. The fourth-order valence-electron chi connectivity index (χ4n) is 1.59. The minimum atomic E-state index is -0.754. The molecule has 0 aromatic heterocycles. The van der Waals surface area contributed by atoms with Crippen LogP contribution in [0.4, 0.5) is 0 Å². The Bertz CT molecular complexity index is 301. The van der Waals surface area contributed by atoms with E-state index in [1.807, 2.05) is 24.3 Å². The maximum Gasteiger partial charge on any atom is 0.187 e. The van der Waals surface area contributed by atoms with Crippen molar-refractivity contribution in [2.75, 3.05) is 14.2 Å². The fraction of sp³-hybridized carbons (Fsp3) is 0.538. The highest BCUT2D eigenvalue weighted by Crippen LogP contribution is 2.22. The molecule has 0 bridgehead atoms. The number of methoxy groups -OCH3 is 2. The first kappa shape index (κ1) is 13.2. The van der Waals surface area contributed by atoms with Gasteiger partial charge in [-0.15, -0.1) is 0 Å². The summed E-state index contributed by atoms with van der Waals surface area (Å²) in [4.78, 5) is 0. The molecule has 0 amide bonds. The standard InChI is InChI=1S/C13H20O3/c1-9(2)10-5-7-11(8-6-10)12(14)13(15-3)16-4/h5-9,12-14H,1-4H3. The van der Waals surface area contributed by atoms with Gasteiger partial charge in [-0.2, -0.15) is 0 Å². The highest BCUT2D eigenvalue weighted by molar-refractivity contribution is 5.26. The van der Waals surface area contributed by atoms with Crippen molar-refractivity contribution in [3.8, 4) is 0 Å². The maximum absolute atomic E-state index is 9.96. The van der Waals surface area contributed by atoms with Crippen molar-refractivity contribution in [2.45, 2.75) is 32.2 Å². The lowest BCUT2D eigenvalue weighted by Gasteiger charge is -2.20. The molecule has 1 atom stereocenters. The molecule has 0 aliphatic carbocycles. The summed E-state index contributed by atoms with van der Waals surface area (Å²) in [6, 6.07) is 7.85. The zero-order chi connectivity index (χ0) is 12.1. The van der Waals surface area contributed by atoms with Crippen LogP contribution in [0.2, 0.25) is 0 Å². The van der Waals surface area contributed by atoms with Crippen LogP contribution in [0.15, 0.2) is 24.3 Å². The highest BCUT2D eigenvalue weighted by Gasteiger charge is 2.19. The van der Waals surface area contributed by atoms with Gasteiger partial charge in [0.2, 0.25) is 0 Å². The molecule has 0 radical (unpaired) electrons. The first-order valence-corrected chi connectivity index (χ1v) is 5.43. The van der Waals surface area contributed by atoms with Crippen LogP contribution in [0.3, 0.4) is 0 Å². The topological polar surface area (TPSA) is 38.7 Å². The SMILES string of the molecule is COC(OC)C(O)c1ccc(C(C)C)cc1. The molecule has 1 aromatic carbocycles. The van der Waals surface area contributed by atoms with Gasteiger partial charge in [0.05, 0.1) is 0 Å². The molecular formula is C13H20O3. The Kier molecular flexibility index (Phi) is 4.93. The smallest absolute Gasteiger partial charge is 0.187 e. The lowest BCUT2D eigenvalue weighted by Crippen LogP contribution is -2.22. The number of hydrogen-bond acceptors (Lipinski definition) is 3. The van der Waals surface area contributed by atoms with E-state index in [1.165, 1.54) is 19.8 Å². The van der Waals surface area contributed by atoms with Crippen LogP contribution < -0.4 is 0 Å². The van der Waals surface area contributed by atoms with Crippen LogP contribution in [0, 0.1) is 0 Å². The minimum absolute atomic E-state index is 0.492. The molecule has 3 heteroatoms. The zero-order valence-electron chi connectivity index (χ0n) is 10.3. The maximum atomic E-state index is 9.96. The first-order chi connectivity index (χ1) is 7.60. The van der Waals surface area contributed by atoms with Crippen LogP contribution >= 0.6 is 0 Å². The zero-order valence-corrected chi connectivity index (χ0v) is 10.3. The molecule has 0 spiro atoms. The Labute approximate surface area is 97.0 Å². The number of benzene rings is 1. The summed E-state index contributed by atoms with van der Waals surface area (Å²) < 4.78 is 10.0. The molecule has 0 saturated carbocycles. The van der Waals surface area contributed by atoms with Gasteiger partial charge < -0.3 is 14.6 Å². The molecule has 0 heterocycles. The van der Waals surface area contributed by atoms with Gasteiger partial charge in [-0.3, -0.25) is 0 Å². The van der Waals surface area contributed by atoms with Crippen molar-refractivity contribution in [3.63, 3.8) is 0 Å². The third-order valence-corrected chi connectivity index (χ3v) is 2.67. The van der Waals surface area contributed by atoms with Crippen LogP contribution in [0.5, 0.6) is 0 Å². The van der Waals surface area contributed by atoms with E-state index in [1.54, 1.807) is 0 Å². The number of rotatable bonds is 5. The summed E-state index contributed by atoms with van der Waals surface area (Å²) in [5.41, 5.74) is 2.06. The largest absolute Gasteiger partial charge is 0.383 e. The van der Waals surface area contributed by atoms with Crippen molar-refractivity contribution in [2.24, 2.45) is 0 Å². The van der Waals surface area contributed by atoms with Crippen molar-refractivity contribution in [1.82, 2.24) is 0 Å². The lowest BCUT2D eigenvalue weighted by atomic mass is 10.00. The van der Waals surface area contributed by atoms with Crippen molar-refractivity contribution in [3.05, 3.63) is 35.4 Å². The Balaban J connectivity index is 2.80. The second kappa shape index (κ2) is 5.99. The molecule has 1 N–H and O–H groups in total. The number of hydrogen-bond donors (Lipinski definition) is 1. The monoisotopic (exact) mass is 224 g/mol. The molecule has 3 nitrogen and oxygen atoms in total. The summed E-state index contributed by atoms with van der Waals surface area (Å²) in [5.74, 6) is 0.492. The molecule has 1 unspecified atom stereocenters. The molecule has 0 aliphatic rings. The average Bonchev–Trinajstić information content (AvgIpc) is 2.30. The molecule has 0 fully saturated rings. The van der Waals surface area contributed by atoms with Gasteiger partial charge in [-0.25, -0.2) is 0 Å². The number of aliphatic hydroxyl groups excluding tert-OH is 1. The Morgan fingerprint density at radius 1 is 0.938 bits per heavy atom. The van der Waals surface area contributed by atoms with E-state index in [9.17, 15) is 5.11 Å². The van der Waals surface area contributed by atoms with Crippen molar-refractivity contribution in [1.29, 1.82) is 0 Å². The summed E-state index contributed by atoms with van der Waals surface area (Å²) in [6.45, 7) is 4.27. The van der Waals surface area contributed by atoms with Crippen LogP contribution in [0.1, 0.15) is 37.0 Å². The summed E-state index contributed by atoms with van der Waals surface area (Å²) in [5, 5.41) is 9.96. The van der Waals surface area contributed by atoms with Crippen LogP contribution in [-0.4, -0.2) is 25.6 Å². The third-order valence-electron chi connectivity index (χ3n) is 2.67. The first-order valence-electron chi connectivity index (χ1n) is 5.43. The van der Waals surface area contributed by atoms with Crippen LogP contribution in [0.25, 0.3) is 0 Å². The van der Waals surface area contributed by atoms with E-state index in [2.05, 4.69) is 13.8 Å². The minimum Gasteiger partial charge on any atom is -0.383 e. The number of aliphatic hydroxyl groups is 1. The second-order valence-electron chi connectivity index (χ2n) is 4.11. The van der Waals surface area contributed by atoms with E-state index in [0.717, 1.165) is 5.56 Å². The second-order valence-corrected chi connectivity index (χ2v) is 4.11.